The highest BCUT2D eigenvalue weighted by atomic mass is 14.7. The molecule has 0 radical (unpaired) electrons. The third kappa shape index (κ3) is 5.98. The molecule has 0 aliphatic carbocycles. The maximum atomic E-state index is 10.2. The molecule has 2 heteroatoms. The van der Waals surface area contributed by atoms with Gasteiger partial charge < -0.3 is 4.98 Å². The minimum absolute atomic E-state index is 0.624. The first-order chi connectivity index (χ1) is 24.2. The summed E-state index contributed by atoms with van der Waals surface area (Å²) in [4.78, 5) is 3.54. The molecule has 7 aromatic carbocycles. The number of nitriles is 1. The Kier molecular flexibility index (Phi) is 8.00. The Morgan fingerprint density at radius 1 is 0.429 bits per heavy atom. The molecule has 230 valence electrons. The number of para-hydroxylation sites is 1. The normalized spacial score (nSPS) is 11.4. The molecule has 49 heavy (non-hydrogen) atoms. The second kappa shape index (κ2) is 13.2. The zero-order chi connectivity index (χ0) is 33.0. The van der Waals surface area contributed by atoms with Gasteiger partial charge in [0.1, 0.15) is 0 Å². The van der Waals surface area contributed by atoms with Crippen LogP contribution in [0.1, 0.15) is 33.4 Å². The van der Waals surface area contributed by atoms with Gasteiger partial charge in [0.05, 0.1) is 11.6 Å². The zero-order valence-electron chi connectivity index (χ0n) is 26.8. The Morgan fingerprint density at radius 3 is 1.47 bits per heavy atom. The van der Waals surface area contributed by atoms with E-state index in [4.69, 9.17) is 0 Å². The van der Waals surface area contributed by atoms with Crippen LogP contribution in [-0.4, -0.2) is 4.98 Å². The molecule has 1 aromatic heterocycles. The van der Waals surface area contributed by atoms with Gasteiger partial charge in [-0.25, -0.2) is 0 Å². The SMILES string of the molecule is N#C/C(=C\c1ccc(C(=C(c2ccccc2)c2ccccc2)c2ccccc2)cc1)c1ccc(-c2ccc3c(c2)[nH]c2ccccc23)cc1. The van der Waals surface area contributed by atoms with Crippen LogP contribution < -0.4 is 0 Å². The molecule has 0 aliphatic rings. The van der Waals surface area contributed by atoms with Crippen LogP contribution >= 0.6 is 0 Å². The van der Waals surface area contributed by atoms with Gasteiger partial charge >= 0.3 is 0 Å². The highest BCUT2D eigenvalue weighted by Crippen LogP contribution is 2.37. The fourth-order valence-electron chi connectivity index (χ4n) is 6.69. The molecule has 1 N–H and O–H groups in total. The Labute approximate surface area is 286 Å². The van der Waals surface area contributed by atoms with Crippen LogP contribution in [-0.2, 0) is 0 Å². The summed E-state index contributed by atoms with van der Waals surface area (Å²) < 4.78 is 0. The number of aromatic nitrogens is 1. The van der Waals surface area contributed by atoms with E-state index in [0.717, 1.165) is 61.1 Å². The number of rotatable bonds is 7. The van der Waals surface area contributed by atoms with E-state index in [1.165, 1.54) is 16.3 Å². The number of H-pyrrole nitrogens is 1. The molecule has 0 fully saturated rings. The van der Waals surface area contributed by atoms with Gasteiger partial charge in [-0.3, -0.25) is 0 Å². The molecular weight excluding hydrogens is 593 g/mol. The molecule has 0 saturated carbocycles. The fourth-order valence-corrected chi connectivity index (χ4v) is 6.69. The Hall–Kier alpha value is -6.69. The third-order valence-electron chi connectivity index (χ3n) is 9.10. The van der Waals surface area contributed by atoms with E-state index in [-0.39, 0.29) is 0 Å². The summed E-state index contributed by atoms with van der Waals surface area (Å²) in [5, 5.41) is 12.7. The molecule has 0 saturated heterocycles. The Balaban J connectivity index is 1.13. The maximum absolute atomic E-state index is 10.2. The number of fused-ring (bicyclic) bond motifs is 3. The van der Waals surface area contributed by atoms with E-state index in [1.807, 2.05) is 18.2 Å². The molecule has 1 heterocycles. The first-order valence-corrected chi connectivity index (χ1v) is 16.5. The lowest BCUT2D eigenvalue weighted by Gasteiger charge is -2.18. The van der Waals surface area contributed by atoms with Crippen molar-refractivity contribution >= 4 is 44.6 Å². The largest absolute Gasteiger partial charge is 0.354 e. The van der Waals surface area contributed by atoms with Crippen molar-refractivity contribution < 1.29 is 0 Å². The van der Waals surface area contributed by atoms with Gasteiger partial charge in [-0.1, -0.05) is 170 Å². The summed E-state index contributed by atoms with van der Waals surface area (Å²) >= 11 is 0. The summed E-state index contributed by atoms with van der Waals surface area (Å²) in [5.41, 5.74) is 13.9. The number of nitrogens with zero attached hydrogens (tertiary/aromatic N) is 1. The molecule has 0 aliphatic heterocycles. The molecule has 0 bridgehead atoms. The monoisotopic (exact) mass is 624 g/mol. The highest BCUT2D eigenvalue weighted by molar-refractivity contribution is 6.08. The van der Waals surface area contributed by atoms with Gasteiger partial charge in [0.2, 0.25) is 0 Å². The highest BCUT2D eigenvalue weighted by Gasteiger charge is 2.16. The van der Waals surface area contributed by atoms with Gasteiger partial charge in [-0.15, -0.1) is 0 Å². The smallest absolute Gasteiger partial charge is 0.0998 e. The Bertz CT molecular complexity index is 2450. The van der Waals surface area contributed by atoms with E-state index in [9.17, 15) is 5.26 Å². The molecular formula is C47H32N2. The van der Waals surface area contributed by atoms with Gasteiger partial charge in [0.15, 0.2) is 0 Å². The quantitative estimate of drug-likeness (QED) is 0.139. The average Bonchev–Trinajstić information content (AvgIpc) is 3.55. The van der Waals surface area contributed by atoms with Crippen LogP contribution in [0.15, 0.2) is 182 Å². The van der Waals surface area contributed by atoms with E-state index in [2.05, 4.69) is 181 Å². The van der Waals surface area contributed by atoms with E-state index in [0.29, 0.717) is 5.57 Å². The van der Waals surface area contributed by atoms with Gasteiger partial charge in [-0.2, -0.15) is 5.26 Å². The Morgan fingerprint density at radius 2 is 0.898 bits per heavy atom. The van der Waals surface area contributed by atoms with Gasteiger partial charge in [0, 0.05) is 21.8 Å². The summed E-state index contributed by atoms with van der Waals surface area (Å²) in [6.45, 7) is 0. The minimum Gasteiger partial charge on any atom is -0.354 e. The predicted molar refractivity (Wildman–Crippen MR) is 206 cm³/mol. The van der Waals surface area contributed by atoms with Crippen LogP contribution in [0, 0.1) is 11.3 Å². The van der Waals surface area contributed by atoms with Gasteiger partial charge in [-0.05, 0) is 73.9 Å². The predicted octanol–water partition coefficient (Wildman–Crippen LogP) is 12.1. The molecule has 0 atom stereocenters. The molecule has 0 spiro atoms. The number of hydrogen-bond donors (Lipinski definition) is 1. The van der Waals surface area contributed by atoms with Crippen molar-refractivity contribution in [3.63, 3.8) is 0 Å². The van der Waals surface area contributed by atoms with Crippen LogP contribution in [0.5, 0.6) is 0 Å². The summed E-state index contributed by atoms with van der Waals surface area (Å²) in [7, 11) is 0. The zero-order valence-corrected chi connectivity index (χ0v) is 26.8. The lowest BCUT2D eigenvalue weighted by molar-refractivity contribution is 1.49. The number of nitrogens with one attached hydrogen (secondary N) is 1. The van der Waals surface area contributed by atoms with Gasteiger partial charge in [0.25, 0.3) is 0 Å². The average molecular weight is 625 g/mol. The van der Waals surface area contributed by atoms with E-state index < -0.39 is 0 Å². The van der Waals surface area contributed by atoms with Crippen LogP contribution in [0.25, 0.3) is 55.7 Å². The van der Waals surface area contributed by atoms with Crippen LogP contribution in [0.4, 0.5) is 0 Å². The minimum atomic E-state index is 0.624. The summed E-state index contributed by atoms with van der Waals surface area (Å²) in [5.74, 6) is 0. The fraction of sp³-hybridized carbons (Fsp3) is 0. The summed E-state index contributed by atoms with van der Waals surface area (Å²) in [6, 6.07) is 65.9. The molecule has 8 rings (SSSR count). The molecule has 0 unspecified atom stereocenters. The van der Waals surface area contributed by atoms with Crippen molar-refractivity contribution in [2.45, 2.75) is 0 Å². The van der Waals surface area contributed by atoms with Crippen LogP contribution in [0.2, 0.25) is 0 Å². The standard InChI is InChI=1S/C47H32N2/c48-32-41(35-26-24-34(25-27-35)40-28-29-43-42-18-10-11-19-44(42)49-45(43)31-40)30-33-20-22-39(23-21-33)47(38-16-8-3-9-17-38)46(36-12-4-1-5-13-36)37-14-6-2-7-15-37/h1-31,49H/b41-30+. The molecule has 0 amide bonds. The van der Waals surface area contributed by atoms with Crippen molar-refractivity contribution in [1.29, 1.82) is 5.26 Å². The first kappa shape index (κ1) is 29.7. The van der Waals surface area contributed by atoms with E-state index in [1.54, 1.807) is 0 Å². The van der Waals surface area contributed by atoms with Crippen molar-refractivity contribution in [3.8, 4) is 17.2 Å². The van der Waals surface area contributed by atoms with Crippen molar-refractivity contribution in [1.82, 2.24) is 4.98 Å². The number of aromatic amines is 1. The van der Waals surface area contributed by atoms with Crippen molar-refractivity contribution in [2.24, 2.45) is 0 Å². The second-order valence-electron chi connectivity index (χ2n) is 12.1. The number of hydrogen-bond acceptors (Lipinski definition) is 1. The first-order valence-electron chi connectivity index (χ1n) is 16.5. The summed E-state index contributed by atoms with van der Waals surface area (Å²) in [6.07, 6.45) is 1.97. The van der Waals surface area contributed by atoms with Crippen LogP contribution in [0.3, 0.4) is 0 Å². The maximum Gasteiger partial charge on any atom is 0.0998 e. The lowest BCUT2D eigenvalue weighted by Crippen LogP contribution is -1.97. The number of benzene rings is 7. The van der Waals surface area contributed by atoms with Crippen molar-refractivity contribution in [3.05, 3.63) is 215 Å². The second-order valence-corrected chi connectivity index (χ2v) is 12.1. The topological polar surface area (TPSA) is 39.6 Å². The number of allylic oxidation sites excluding steroid dienone is 1. The van der Waals surface area contributed by atoms with Crippen molar-refractivity contribution in [2.75, 3.05) is 0 Å². The molecule has 8 aromatic rings. The molecule has 2 nitrogen and oxygen atoms in total. The third-order valence-corrected chi connectivity index (χ3v) is 9.10. The lowest BCUT2D eigenvalue weighted by atomic mass is 9.85. The van der Waals surface area contributed by atoms with E-state index >= 15 is 0 Å².